The summed E-state index contributed by atoms with van der Waals surface area (Å²) in [5, 5.41) is 10.6. The van der Waals surface area contributed by atoms with Gasteiger partial charge in [-0.05, 0) is 23.8 Å². The first-order chi connectivity index (χ1) is 9.16. The van der Waals surface area contributed by atoms with E-state index in [0.717, 1.165) is 32.2 Å². The zero-order chi connectivity index (χ0) is 13.4. The topological polar surface area (TPSA) is 29.5 Å². The minimum Gasteiger partial charge on any atom is -0.493 e. The Balaban J connectivity index is 2.07. The smallest absolute Gasteiger partial charge is 0.128 e. The van der Waals surface area contributed by atoms with E-state index < -0.39 is 6.10 Å². The lowest BCUT2D eigenvalue weighted by Gasteiger charge is -2.16. The average Bonchev–Trinajstić information content (AvgIpc) is 2.89. The number of hydrogen-bond donors (Lipinski definition) is 1. The van der Waals surface area contributed by atoms with Crippen LogP contribution in [0.5, 0.6) is 5.75 Å². The Labute approximate surface area is 128 Å². The van der Waals surface area contributed by atoms with Crippen LogP contribution in [0.3, 0.4) is 0 Å². The molecule has 0 spiro atoms. The number of halogens is 2. The maximum absolute atomic E-state index is 10.6. The van der Waals surface area contributed by atoms with E-state index >= 15 is 0 Å². The lowest BCUT2D eigenvalue weighted by atomic mass is 9.98. The first kappa shape index (κ1) is 13.2. The number of aliphatic hydroxyl groups excluding tert-OH is 1. The molecule has 2 aromatic carbocycles. The molecular formula is C15H12Br2O2. The van der Waals surface area contributed by atoms with Crippen LogP contribution in [-0.2, 0) is 6.42 Å². The van der Waals surface area contributed by atoms with E-state index in [1.54, 1.807) is 0 Å². The molecule has 98 valence electrons. The van der Waals surface area contributed by atoms with Crippen molar-refractivity contribution in [2.75, 3.05) is 6.61 Å². The third-order valence-corrected chi connectivity index (χ3v) is 4.51. The molecule has 1 aliphatic heterocycles. The third kappa shape index (κ3) is 2.45. The highest BCUT2D eigenvalue weighted by Gasteiger charge is 2.23. The van der Waals surface area contributed by atoms with Crippen molar-refractivity contribution in [3.05, 3.63) is 62.0 Å². The fourth-order valence-electron chi connectivity index (χ4n) is 2.35. The van der Waals surface area contributed by atoms with Crippen LogP contribution in [0.4, 0.5) is 0 Å². The fourth-order valence-corrected chi connectivity index (χ4v) is 3.19. The molecule has 0 amide bonds. The minimum absolute atomic E-state index is 0.693. The van der Waals surface area contributed by atoms with E-state index in [0.29, 0.717) is 6.61 Å². The summed E-state index contributed by atoms with van der Waals surface area (Å²) in [4.78, 5) is 0. The van der Waals surface area contributed by atoms with Crippen molar-refractivity contribution >= 4 is 31.9 Å². The Kier molecular flexibility index (Phi) is 3.65. The molecule has 0 saturated heterocycles. The number of hydrogen-bond acceptors (Lipinski definition) is 2. The van der Waals surface area contributed by atoms with Crippen LogP contribution in [0.25, 0.3) is 0 Å². The van der Waals surface area contributed by atoms with Crippen LogP contribution in [0.15, 0.2) is 45.3 Å². The van der Waals surface area contributed by atoms with Gasteiger partial charge in [0.05, 0.1) is 6.61 Å². The summed E-state index contributed by atoms with van der Waals surface area (Å²) in [6, 6.07) is 11.7. The normalized spacial score (nSPS) is 14.9. The Morgan fingerprint density at radius 1 is 1.11 bits per heavy atom. The van der Waals surface area contributed by atoms with Crippen LogP contribution in [-0.4, -0.2) is 11.7 Å². The molecule has 0 bridgehead atoms. The summed E-state index contributed by atoms with van der Waals surface area (Å²) in [5.74, 6) is 0.835. The van der Waals surface area contributed by atoms with Crippen molar-refractivity contribution in [1.29, 1.82) is 0 Å². The molecule has 0 fully saturated rings. The molecule has 1 unspecified atom stereocenters. The maximum Gasteiger partial charge on any atom is 0.128 e. The number of rotatable bonds is 2. The van der Waals surface area contributed by atoms with Gasteiger partial charge in [-0.25, -0.2) is 0 Å². The summed E-state index contributed by atoms with van der Waals surface area (Å²) in [6.45, 7) is 0.693. The Morgan fingerprint density at radius 3 is 2.79 bits per heavy atom. The molecule has 0 aromatic heterocycles. The number of para-hydroxylation sites is 1. The van der Waals surface area contributed by atoms with Crippen molar-refractivity contribution in [2.45, 2.75) is 12.5 Å². The second-order valence-corrected chi connectivity index (χ2v) is 6.27. The van der Waals surface area contributed by atoms with Crippen LogP contribution in [0, 0.1) is 0 Å². The van der Waals surface area contributed by atoms with Gasteiger partial charge in [0.15, 0.2) is 0 Å². The third-order valence-electron chi connectivity index (χ3n) is 3.29. The molecule has 2 nitrogen and oxygen atoms in total. The van der Waals surface area contributed by atoms with Gasteiger partial charge in [0.25, 0.3) is 0 Å². The fraction of sp³-hybridized carbons (Fsp3) is 0.200. The van der Waals surface area contributed by atoms with E-state index in [2.05, 4.69) is 37.9 Å². The van der Waals surface area contributed by atoms with Gasteiger partial charge in [0.1, 0.15) is 11.9 Å². The number of ether oxygens (including phenoxy) is 1. The number of benzene rings is 2. The summed E-state index contributed by atoms with van der Waals surface area (Å²) in [7, 11) is 0. The van der Waals surface area contributed by atoms with Gasteiger partial charge < -0.3 is 9.84 Å². The monoisotopic (exact) mass is 382 g/mol. The van der Waals surface area contributed by atoms with Crippen molar-refractivity contribution < 1.29 is 9.84 Å². The highest BCUT2D eigenvalue weighted by Crippen LogP contribution is 2.38. The van der Waals surface area contributed by atoms with Gasteiger partial charge in [0.2, 0.25) is 0 Å². The SMILES string of the molecule is OC(c1cc(Br)ccc1Br)c1cccc2c1OCC2. The second-order valence-electron chi connectivity index (χ2n) is 4.50. The quantitative estimate of drug-likeness (QED) is 0.840. The summed E-state index contributed by atoms with van der Waals surface area (Å²) < 4.78 is 7.49. The van der Waals surface area contributed by atoms with Crippen LogP contribution < -0.4 is 4.74 Å². The molecule has 1 N–H and O–H groups in total. The van der Waals surface area contributed by atoms with Gasteiger partial charge in [-0.3, -0.25) is 0 Å². The molecule has 0 saturated carbocycles. The van der Waals surface area contributed by atoms with E-state index in [9.17, 15) is 5.11 Å². The number of aliphatic hydroxyl groups is 1. The lowest BCUT2D eigenvalue weighted by molar-refractivity contribution is 0.213. The maximum atomic E-state index is 10.6. The molecule has 4 heteroatoms. The molecule has 19 heavy (non-hydrogen) atoms. The summed E-state index contributed by atoms with van der Waals surface area (Å²) in [6.07, 6.45) is 0.218. The summed E-state index contributed by atoms with van der Waals surface area (Å²) >= 11 is 6.92. The molecule has 0 radical (unpaired) electrons. The Hall–Kier alpha value is -0.840. The summed E-state index contributed by atoms with van der Waals surface area (Å²) in [5.41, 5.74) is 2.83. The second kappa shape index (κ2) is 5.27. The highest BCUT2D eigenvalue weighted by molar-refractivity contribution is 9.11. The standard InChI is InChI=1S/C15H12Br2O2/c16-10-4-5-13(17)12(8-10)14(18)11-3-1-2-9-6-7-19-15(9)11/h1-5,8,14,18H,6-7H2. The van der Waals surface area contributed by atoms with E-state index in [1.807, 2.05) is 30.3 Å². The average molecular weight is 384 g/mol. The van der Waals surface area contributed by atoms with Gasteiger partial charge in [-0.2, -0.15) is 0 Å². The van der Waals surface area contributed by atoms with Gasteiger partial charge in [-0.15, -0.1) is 0 Å². The zero-order valence-corrected chi connectivity index (χ0v) is 13.2. The van der Waals surface area contributed by atoms with E-state index in [1.165, 1.54) is 5.56 Å². The zero-order valence-electron chi connectivity index (χ0n) is 10.1. The van der Waals surface area contributed by atoms with E-state index in [4.69, 9.17) is 4.74 Å². The minimum atomic E-state index is -0.695. The van der Waals surface area contributed by atoms with Gasteiger partial charge in [0, 0.05) is 26.5 Å². The van der Waals surface area contributed by atoms with E-state index in [-0.39, 0.29) is 0 Å². The molecule has 0 aliphatic carbocycles. The Morgan fingerprint density at radius 2 is 1.95 bits per heavy atom. The lowest BCUT2D eigenvalue weighted by Crippen LogP contribution is -2.03. The van der Waals surface area contributed by atoms with Crippen molar-refractivity contribution in [2.24, 2.45) is 0 Å². The van der Waals surface area contributed by atoms with Crippen LogP contribution in [0.2, 0.25) is 0 Å². The highest BCUT2D eigenvalue weighted by atomic mass is 79.9. The van der Waals surface area contributed by atoms with Crippen molar-refractivity contribution in [3.8, 4) is 5.75 Å². The van der Waals surface area contributed by atoms with Gasteiger partial charge in [-0.1, -0.05) is 50.1 Å². The molecule has 2 aromatic rings. The van der Waals surface area contributed by atoms with Crippen LogP contribution >= 0.6 is 31.9 Å². The van der Waals surface area contributed by atoms with Crippen molar-refractivity contribution in [1.82, 2.24) is 0 Å². The largest absolute Gasteiger partial charge is 0.493 e. The predicted molar refractivity (Wildman–Crippen MR) is 81.5 cm³/mol. The molecule has 1 aliphatic rings. The predicted octanol–water partition coefficient (Wildman–Crippen LogP) is 4.23. The van der Waals surface area contributed by atoms with Crippen molar-refractivity contribution in [3.63, 3.8) is 0 Å². The molecular weight excluding hydrogens is 372 g/mol. The van der Waals surface area contributed by atoms with Gasteiger partial charge >= 0.3 is 0 Å². The molecule has 3 rings (SSSR count). The number of fused-ring (bicyclic) bond motifs is 1. The molecule has 1 atom stereocenters. The first-order valence-corrected chi connectivity index (χ1v) is 7.63. The molecule has 1 heterocycles. The first-order valence-electron chi connectivity index (χ1n) is 6.04. The van der Waals surface area contributed by atoms with Crippen LogP contribution in [0.1, 0.15) is 22.8 Å². The Bertz CT molecular complexity index is 626.